The maximum Gasteiger partial charge on any atom is 0.254 e. The number of rotatable bonds is 9. The maximum absolute atomic E-state index is 13.1. The van der Waals surface area contributed by atoms with Crippen LogP contribution in [-0.2, 0) is 11.3 Å². The predicted octanol–water partition coefficient (Wildman–Crippen LogP) is 3.92. The highest BCUT2D eigenvalue weighted by Crippen LogP contribution is 2.28. The van der Waals surface area contributed by atoms with Crippen LogP contribution in [-0.4, -0.2) is 50.9 Å². The van der Waals surface area contributed by atoms with Gasteiger partial charge in [0.1, 0.15) is 12.4 Å². The normalized spacial score (nSPS) is 15.8. The van der Waals surface area contributed by atoms with Crippen molar-refractivity contribution in [3.05, 3.63) is 53.6 Å². The lowest BCUT2D eigenvalue weighted by molar-refractivity contribution is 0.0677. The number of carbonyl (C=O) groups is 1. The van der Waals surface area contributed by atoms with Crippen LogP contribution in [0.1, 0.15) is 35.7 Å². The van der Waals surface area contributed by atoms with Crippen molar-refractivity contribution in [3.8, 4) is 17.2 Å². The van der Waals surface area contributed by atoms with Gasteiger partial charge in [-0.3, -0.25) is 4.79 Å². The molecule has 0 radical (unpaired) electrons. The minimum Gasteiger partial charge on any atom is -0.493 e. The molecule has 1 amide bonds. The topological polar surface area (TPSA) is 57.2 Å². The van der Waals surface area contributed by atoms with Crippen LogP contribution in [0, 0.1) is 0 Å². The molecule has 1 saturated heterocycles. The van der Waals surface area contributed by atoms with E-state index in [0.717, 1.165) is 25.0 Å². The average molecular weight is 399 g/mol. The van der Waals surface area contributed by atoms with E-state index in [2.05, 4.69) is 0 Å². The summed E-state index contributed by atoms with van der Waals surface area (Å²) < 4.78 is 22.1. The molecule has 6 heteroatoms. The molecule has 156 valence electrons. The van der Waals surface area contributed by atoms with Gasteiger partial charge in [-0.25, -0.2) is 0 Å². The van der Waals surface area contributed by atoms with Gasteiger partial charge in [-0.1, -0.05) is 12.1 Å². The zero-order valence-electron chi connectivity index (χ0n) is 17.3. The molecule has 29 heavy (non-hydrogen) atoms. The van der Waals surface area contributed by atoms with Gasteiger partial charge in [-0.05, 0) is 55.7 Å². The SMILES string of the molecule is CCN(Cc1ccc(OC)c(OC)c1)C(=O)c1cccc(OCC2CCCO2)c1. The number of carbonyl (C=O) groups excluding carboxylic acids is 1. The number of methoxy groups -OCH3 is 2. The minimum atomic E-state index is -0.0372. The van der Waals surface area contributed by atoms with Crippen molar-refractivity contribution >= 4 is 5.91 Å². The minimum absolute atomic E-state index is 0.0372. The Morgan fingerprint density at radius 3 is 2.66 bits per heavy atom. The highest BCUT2D eigenvalue weighted by molar-refractivity contribution is 5.94. The van der Waals surface area contributed by atoms with E-state index in [-0.39, 0.29) is 12.0 Å². The molecule has 0 N–H and O–H groups in total. The molecule has 0 aromatic heterocycles. The van der Waals surface area contributed by atoms with Gasteiger partial charge < -0.3 is 23.8 Å². The van der Waals surface area contributed by atoms with Crippen molar-refractivity contribution in [2.24, 2.45) is 0 Å². The van der Waals surface area contributed by atoms with Crippen molar-refractivity contribution in [2.45, 2.75) is 32.4 Å². The average Bonchev–Trinajstić information content (AvgIpc) is 3.29. The molecule has 2 aromatic rings. The largest absolute Gasteiger partial charge is 0.493 e. The fourth-order valence-corrected chi connectivity index (χ4v) is 3.39. The molecule has 0 bridgehead atoms. The fourth-order valence-electron chi connectivity index (χ4n) is 3.39. The summed E-state index contributed by atoms with van der Waals surface area (Å²) in [6.45, 7) is 4.36. The Kier molecular flexibility index (Phi) is 7.36. The number of benzene rings is 2. The van der Waals surface area contributed by atoms with Crippen molar-refractivity contribution in [1.29, 1.82) is 0 Å². The van der Waals surface area contributed by atoms with Crippen LogP contribution < -0.4 is 14.2 Å². The Morgan fingerprint density at radius 2 is 1.97 bits per heavy atom. The van der Waals surface area contributed by atoms with Gasteiger partial charge >= 0.3 is 0 Å². The molecule has 1 aliphatic rings. The number of amides is 1. The van der Waals surface area contributed by atoms with Crippen LogP contribution in [0.25, 0.3) is 0 Å². The molecule has 1 heterocycles. The van der Waals surface area contributed by atoms with Gasteiger partial charge in [0.15, 0.2) is 11.5 Å². The third-order valence-electron chi connectivity index (χ3n) is 5.03. The van der Waals surface area contributed by atoms with Crippen LogP contribution in [0.3, 0.4) is 0 Å². The molecule has 0 aliphatic carbocycles. The maximum atomic E-state index is 13.1. The van der Waals surface area contributed by atoms with Crippen LogP contribution in [0.2, 0.25) is 0 Å². The molecule has 0 spiro atoms. The Labute approximate surface area is 172 Å². The van der Waals surface area contributed by atoms with E-state index in [1.807, 2.05) is 43.3 Å². The Balaban J connectivity index is 1.68. The molecule has 1 aliphatic heterocycles. The van der Waals surface area contributed by atoms with Crippen molar-refractivity contribution in [2.75, 3.05) is 34.0 Å². The van der Waals surface area contributed by atoms with E-state index in [0.29, 0.717) is 42.5 Å². The summed E-state index contributed by atoms with van der Waals surface area (Å²) in [6.07, 6.45) is 2.24. The molecule has 6 nitrogen and oxygen atoms in total. The quantitative estimate of drug-likeness (QED) is 0.640. The second kappa shape index (κ2) is 10.2. The molecule has 3 rings (SSSR count). The van der Waals surface area contributed by atoms with Crippen molar-refractivity contribution < 1.29 is 23.7 Å². The molecule has 2 aromatic carbocycles. The lowest BCUT2D eigenvalue weighted by atomic mass is 10.1. The van der Waals surface area contributed by atoms with E-state index in [4.69, 9.17) is 18.9 Å². The molecular weight excluding hydrogens is 370 g/mol. The summed E-state index contributed by atoms with van der Waals surface area (Å²) in [5, 5.41) is 0. The first-order valence-electron chi connectivity index (χ1n) is 9.99. The predicted molar refractivity (Wildman–Crippen MR) is 111 cm³/mol. The first kappa shape index (κ1) is 21.0. The van der Waals surface area contributed by atoms with Crippen molar-refractivity contribution in [3.63, 3.8) is 0 Å². The smallest absolute Gasteiger partial charge is 0.254 e. The summed E-state index contributed by atoms with van der Waals surface area (Å²) >= 11 is 0. The van der Waals surface area contributed by atoms with Gasteiger partial charge in [0.2, 0.25) is 0 Å². The van der Waals surface area contributed by atoms with E-state index in [1.54, 1.807) is 25.2 Å². The van der Waals surface area contributed by atoms with Crippen LogP contribution in [0.5, 0.6) is 17.2 Å². The number of hydrogen-bond donors (Lipinski definition) is 0. The summed E-state index contributed by atoms with van der Waals surface area (Å²) in [6, 6.07) is 13.0. The van der Waals surface area contributed by atoms with E-state index >= 15 is 0 Å². The highest BCUT2D eigenvalue weighted by atomic mass is 16.5. The fraction of sp³-hybridized carbons (Fsp3) is 0.435. The number of nitrogens with zero attached hydrogens (tertiary/aromatic N) is 1. The second-order valence-corrected chi connectivity index (χ2v) is 6.98. The zero-order valence-corrected chi connectivity index (χ0v) is 17.3. The monoisotopic (exact) mass is 399 g/mol. The lowest BCUT2D eigenvalue weighted by Gasteiger charge is -2.22. The van der Waals surface area contributed by atoms with Gasteiger partial charge in [0.05, 0.1) is 20.3 Å². The zero-order chi connectivity index (χ0) is 20.6. The van der Waals surface area contributed by atoms with Gasteiger partial charge in [0, 0.05) is 25.3 Å². The summed E-state index contributed by atoms with van der Waals surface area (Å²) in [4.78, 5) is 14.9. The van der Waals surface area contributed by atoms with E-state index < -0.39 is 0 Å². The number of ether oxygens (including phenoxy) is 4. The number of hydrogen-bond acceptors (Lipinski definition) is 5. The van der Waals surface area contributed by atoms with Crippen LogP contribution in [0.15, 0.2) is 42.5 Å². The van der Waals surface area contributed by atoms with Gasteiger partial charge in [-0.2, -0.15) is 0 Å². The Morgan fingerprint density at radius 1 is 1.14 bits per heavy atom. The van der Waals surface area contributed by atoms with Gasteiger partial charge in [0.25, 0.3) is 5.91 Å². The highest BCUT2D eigenvalue weighted by Gasteiger charge is 2.18. The summed E-state index contributed by atoms with van der Waals surface area (Å²) in [5.74, 6) is 1.97. The molecule has 1 fully saturated rings. The van der Waals surface area contributed by atoms with Crippen LogP contribution >= 0.6 is 0 Å². The van der Waals surface area contributed by atoms with Crippen molar-refractivity contribution in [1.82, 2.24) is 4.90 Å². The summed E-state index contributed by atoms with van der Waals surface area (Å²) in [7, 11) is 3.21. The molecule has 0 saturated carbocycles. The molecule has 1 unspecified atom stereocenters. The Bertz CT molecular complexity index is 817. The molecular formula is C23H29NO5. The third-order valence-corrected chi connectivity index (χ3v) is 5.03. The standard InChI is InChI=1S/C23H29NO5/c1-4-24(15-17-10-11-21(26-2)22(13-17)27-3)23(25)18-7-5-8-19(14-18)29-16-20-9-6-12-28-20/h5,7-8,10-11,13-14,20H,4,6,9,12,15-16H2,1-3H3. The third kappa shape index (κ3) is 5.41. The summed E-state index contributed by atoms with van der Waals surface area (Å²) in [5.41, 5.74) is 1.58. The first-order chi connectivity index (χ1) is 14.1. The molecule has 1 atom stereocenters. The first-order valence-corrected chi connectivity index (χ1v) is 9.99. The van der Waals surface area contributed by atoms with E-state index in [1.165, 1.54) is 0 Å². The van der Waals surface area contributed by atoms with E-state index in [9.17, 15) is 4.79 Å². The second-order valence-electron chi connectivity index (χ2n) is 6.98. The van der Waals surface area contributed by atoms with Crippen LogP contribution in [0.4, 0.5) is 0 Å². The lowest BCUT2D eigenvalue weighted by Crippen LogP contribution is -2.30. The Hall–Kier alpha value is -2.73. The van der Waals surface area contributed by atoms with Gasteiger partial charge in [-0.15, -0.1) is 0 Å².